The van der Waals surface area contributed by atoms with Crippen LogP contribution in [-0.4, -0.2) is 19.8 Å². The summed E-state index contributed by atoms with van der Waals surface area (Å²) in [5.41, 5.74) is 1.67. The molecule has 0 radical (unpaired) electrons. The summed E-state index contributed by atoms with van der Waals surface area (Å²) in [6.07, 6.45) is 0.748. The summed E-state index contributed by atoms with van der Waals surface area (Å²) in [4.78, 5) is 0. The van der Waals surface area contributed by atoms with Crippen LogP contribution in [0.25, 0.3) is 0 Å². The molecule has 1 aliphatic rings. The fourth-order valence-corrected chi connectivity index (χ4v) is 4.84. The highest BCUT2D eigenvalue weighted by Gasteiger charge is 2.39. The van der Waals surface area contributed by atoms with Crippen molar-refractivity contribution >= 4 is 29.2 Å². The molecule has 2 aromatic rings. The molecule has 7 heteroatoms. The molecule has 0 aliphatic carbocycles. The van der Waals surface area contributed by atoms with Crippen LogP contribution in [0.5, 0.6) is 5.75 Å². The zero-order valence-electron chi connectivity index (χ0n) is 14.0. The quantitative estimate of drug-likeness (QED) is 0.611. The van der Waals surface area contributed by atoms with Crippen LogP contribution >= 0.6 is 23.5 Å². The molecule has 25 heavy (non-hydrogen) atoms. The smallest absolute Gasteiger partial charge is 0.357 e. The molecule has 2 aromatic carbocycles. The van der Waals surface area contributed by atoms with Crippen LogP contribution < -0.4 is 10.1 Å². The van der Waals surface area contributed by atoms with Gasteiger partial charge in [0.2, 0.25) is 0 Å². The van der Waals surface area contributed by atoms with E-state index in [1.54, 1.807) is 0 Å². The van der Waals surface area contributed by atoms with Crippen LogP contribution in [0.3, 0.4) is 0 Å². The van der Waals surface area contributed by atoms with Gasteiger partial charge >= 0.3 is 7.60 Å². The highest BCUT2D eigenvalue weighted by Crippen LogP contribution is 2.62. The van der Waals surface area contributed by atoms with Crippen LogP contribution in [0, 0.1) is 0 Å². The number of benzene rings is 2. The predicted molar refractivity (Wildman–Crippen MR) is 102 cm³/mol. The maximum atomic E-state index is 13.3. The lowest BCUT2D eigenvalue weighted by Crippen LogP contribution is -2.19. The lowest BCUT2D eigenvalue weighted by molar-refractivity contribution is 0.141. The first kappa shape index (κ1) is 18.5. The number of ether oxygens (including phenoxy) is 1. The first-order valence-electron chi connectivity index (χ1n) is 8.24. The average molecular weight is 426 g/mol. The largest absolute Gasteiger partial charge is 0.494 e. The summed E-state index contributed by atoms with van der Waals surface area (Å²) in [5.74, 6) is 0.196. The highest BCUT2D eigenvalue weighted by molar-refractivity contribution is 9.10. The summed E-state index contributed by atoms with van der Waals surface area (Å²) in [6, 6.07) is 15.2. The van der Waals surface area contributed by atoms with Crippen molar-refractivity contribution in [1.29, 1.82) is 0 Å². The van der Waals surface area contributed by atoms with Gasteiger partial charge in [-0.3, -0.25) is 4.57 Å². The molecule has 0 saturated carbocycles. The molecule has 0 unspecified atom stereocenters. The lowest BCUT2D eigenvalue weighted by atomic mass is 10.2. The molecule has 5 nitrogen and oxygen atoms in total. The minimum Gasteiger partial charge on any atom is -0.494 e. The Bertz CT molecular complexity index is 726. The molecule has 1 heterocycles. The Morgan fingerprint density at radius 1 is 1.12 bits per heavy atom. The fourth-order valence-electron chi connectivity index (χ4n) is 2.59. The molecule has 1 aliphatic heterocycles. The van der Waals surface area contributed by atoms with Crippen LogP contribution in [0.4, 0.5) is 5.69 Å². The highest BCUT2D eigenvalue weighted by atomic mass is 79.9. The molecule has 0 amide bonds. The van der Waals surface area contributed by atoms with E-state index in [4.69, 9.17) is 13.8 Å². The molecule has 3 rings (SSSR count). The monoisotopic (exact) mass is 425 g/mol. The standard InChI is InChI=1S/C18H21BrNO4P/c1-2-22-17-10-4-14(5-11-17)18(25(21)23-12-3-13-24-25)20-16-8-6-15(19)7-9-16/h4-11,18,20H,2-3,12-13H2,1H3/t18-/m0/s1. The van der Waals surface area contributed by atoms with E-state index in [-0.39, 0.29) is 0 Å². The number of halogens is 1. The summed E-state index contributed by atoms with van der Waals surface area (Å²) in [7, 11) is -3.32. The number of hydrogen-bond donors (Lipinski definition) is 1. The summed E-state index contributed by atoms with van der Waals surface area (Å²) >= 11 is 3.42. The Kier molecular flexibility index (Phi) is 6.18. The van der Waals surface area contributed by atoms with E-state index in [1.807, 2.05) is 55.5 Å². The molecular formula is C18H21BrNO4P. The minimum atomic E-state index is -3.32. The average Bonchev–Trinajstić information content (AvgIpc) is 2.63. The van der Waals surface area contributed by atoms with Crippen molar-refractivity contribution in [2.45, 2.75) is 19.1 Å². The van der Waals surface area contributed by atoms with Gasteiger partial charge in [0.15, 0.2) is 5.78 Å². The van der Waals surface area contributed by atoms with Gasteiger partial charge in [0.1, 0.15) is 5.75 Å². The second-order valence-electron chi connectivity index (χ2n) is 5.62. The van der Waals surface area contributed by atoms with Gasteiger partial charge in [-0.2, -0.15) is 0 Å². The Hall–Kier alpha value is -1.33. The number of rotatable bonds is 6. The van der Waals surface area contributed by atoms with Crippen molar-refractivity contribution < 1.29 is 18.3 Å². The van der Waals surface area contributed by atoms with E-state index in [0.717, 1.165) is 27.9 Å². The van der Waals surface area contributed by atoms with Crippen molar-refractivity contribution in [3.8, 4) is 5.75 Å². The van der Waals surface area contributed by atoms with Crippen molar-refractivity contribution in [1.82, 2.24) is 0 Å². The van der Waals surface area contributed by atoms with Crippen LogP contribution in [0.15, 0.2) is 53.0 Å². The van der Waals surface area contributed by atoms with Gasteiger partial charge in [0.25, 0.3) is 0 Å². The summed E-state index contributed by atoms with van der Waals surface area (Å²) in [6.45, 7) is 3.41. The maximum absolute atomic E-state index is 13.3. The van der Waals surface area contributed by atoms with Gasteiger partial charge in [-0.1, -0.05) is 28.1 Å². The van der Waals surface area contributed by atoms with Crippen LogP contribution in [-0.2, 0) is 13.6 Å². The van der Waals surface area contributed by atoms with E-state index in [1.165, 1.54) is 0 Å². The Balaban J connectivity index is 1.90. The molecule has 1 saturated heterocycles. The van der Waals surface area contributed by atoms with Gasteiger partial charge in [-0.05, 0) is 55.3 Å². The topological polar surface area (TPSA) is 56.8 Å². The summed E-state index contributed by atoms with van der Waals surface area (Å²) < 4.78 is 30.9. The fraction of sp³-hybridized carbons (Fsp3) is 0.333. The van der Waals surface area contributed by atoms with Crippen molar-refractivity contribution in [2.24, 2.45) is 0 Å². The van der Waals surface area contributed by atoms with E-state index in [2.05, 4.69) is 21.2 Å². The van der Waals surface area contributed by atoms with Gasteiger partial charge < -0.3 is 19.1 Å². The molecule has 1 atom stereocenters. The van der Waals surface area contributed by atoms with E-state index >= 15 is 0 Å². The maximum Gasteiger partial charge on any atom is 0.357 e. The molecule has 1 fully saturated rings. The predicted octanol–water partition coefficient (Wildman–Crippen LogP) is 5.59. The summed E-state index contributed by atoms with van der Waals surface area (Å²) in [5, 5.41) is 3.31. The van der Waals surface area contributed by atoms with Gasteiger partial charge in [0, 0.05) is 10.2 Å². The van der Waals surface area contributed by atoms with Gasteiger partial charge in [0.05, 0.1) is 19.8 Å². The molecular weight excluding hydrogens is 405 g/mol. The van der Waals surface area contributed by atoms with Crippen LogP contribution in [0.1, 0.15) is 24.7 Å². The van der Waals surface area contributed by atoms with E-state index < -0.39 is 13.4 Å². The van der Waals surface area contributed by atoms with Gasteiger partial charge in [-0.15, -0.1) is 0 Å². The van der Waals surface area contributed by atoms with Crippen molar-refractivity contribution in [3.63, 3.8) is 0 Å². The number of anilines is 1. The zero-order chi connectivity index (χ0) is 17.7. The van der Waals surface area contributed by atoms with Crippen LogP contribution in [0.2, 0.25) is 0 Å². The lowest BCUT2D eigenvalue weighted by Gasteiger charge is -2.31. The number of hydrogen-bond acceptors (Lipinski definition) is 5. The van der Waals surface area contributed by atoms with Gasteiger partial charge in [-0.25, -0.2) is 0 Å². The normalized spacial score (nSPS) is 17.7. The first-order valence-corrected chi connectivity index (χ1v) is 10.6. The first-order chi connectivity index (χ1) is 12.1. The van der Waals surface area contributed by atoms with E-state index in [9.17, 15) is 4.57 Å². The van der Waals surface area contributed by atoms with Crippen molar-refractivity contribution in [3.05, 3.63) is 58.6 Å². The van der Waals surface area contributed by atoms with E-state index in [0.29, 0.717) is 19.8 Å². The third kappa shape index (κ3) is 4.64. The van der Waals surface area contributed by atoms with Crippen molar-refractivity contribution in [2.75, 3.05) is 25.1 Å². The second kappa shape index (κ2) is 8.37. The molecule has 0 spiro atoms. The second-order valence-corrected chi connectivity index (χ2v) is 8.64. The zero-order valence-corrected chi connectivity index (χ0v) is 16.5. The number of nitrogens with one attached hydrogen (secondary N) is 1. The Labute approximate surface area is 156 Å². The third-order valence-corrected chi connectivity index (χ3v) is 6.48. The third-order valence-electron chi connectivity index (χ3n) is 3.80. The molecule has 0 aromatic heterocycles. The molecule has 0 bridgehead atoms. The minimum absolute atomic E-state index is 0.437. The molecule has 134 valence electrons. The SMILES string of the molecule is CCOc1ccc([C@@H](Nc2ccc(Br)cc2)P2(=O)OCCCO2)cc1. The Morgan fingerprint density at radius 3 is 2.36 bits per heavy atom. The Morgan fingerprint density at radius 2 is 1.76 bits per heavy atom. The molecule has 1 N–H and O–H groups in total.